The Morgan fingerprint density at radius 3 is 2.62 bits per heavy atom. The van der Waals surface area contributed by atoms with Crippen molar-refractivity contribution in [3.05, 3.63) is 36.9 Å². The Morgan fingerprint density at radius 1 is 1.13 bits per heavy atom. The number of amides is 3. The van der Waals surface area contributed by atoms with E-state index in [-0.39, 0.29) is 34.4 Å². The molecule has 0 aliphatic carbocycles. The van der Waals surface area contributed by atoms with E-state index in [9.17, 15) is 18.0 Å². The van der Waals surface area contributed by atoms with Crippen LogP contribution in [-0.2, 0) is 29.0 Å². The summed E-state index contributed by atoms with van der Waals surface area (Å²) in [6.07, 6.45) is 0.696. The van der Waals surface area contributed by atoms with Crippen LogP contribution in [0.2, 0.25) is 0 Å². The smallest absolute Gasteiger partial charge is 0.324 e. The SMILES string of the molecule is CCNC(=O)[C@H]1OCC(n2cnc3c(NC(=O)Nc4ccccc4S(N)(=O)=O)ncnc32)C2OC(C)(C)OC21. The Kier molecular flexibility index (Phi) is 6.98. The fourth-order valence-electron chi connectivity index (χ4n) is 4.74. The number of hydrogen-bond donors (Lipinski definition) is 4. The number of imidazole rings is 1. The average molecular weight is 561 g/mol. The molecule has 16 heteroatoms. The van der Waals surface area contributed by atoms with Gasteiger partial charge in [-0.25, -0.2) is 33.3 Å². The maximum atomic E-state index is 12.7. The first-order valence-corrected chi connectivity index (χ1v) is 13.7. The van der Waals surface area contributed by atoms with Crippen molar-refractivity contribution in [2.45, 2.75) is 55.8 Å². The summed E-state index contributed by atoms with van der Waals surface area (Å²) in [4.78, 5) is 38.0. The summed E-state index contributed by atoms with van der Waals surface area (Å²) < 4.78 is 43.6. The van der Waals surface area contributed by atoms with Gasteiger partial charge in [0.15, 0.2) is 28.9 Å². The standard InChI is InChI=1S/C23H28N8O7S/c1-4-25-21(32)18-17-16(37-23(2,3)38-17)13(9-36-18)31-11-28-15-19(26-10-27-20(15)31)30-22(33)29-12-7-5-6-8-14(12)39(24,34)35/h5-8,10-11,13,16-18H,4,9H2,1-3H3,(H,25,32)(H2,24,34,35)(H2,26,27,29,30,33)/t13?,16?,17?,18-/m0/s1. The number of anilines is 2. The molecule has 15 nitrogen and oxygen atoms in total. The van der Waals surface area contributed by atoms with Crippen molar-refractivity contribution in [1.82, 2.24) is 24.8 Å². The molecule has 5 N–H and O–H groups in total. The Bertz CT molecular complexity index is 1530. The molecule has 1 aromatic carbocycles. The number of hydrogen-bond acceptors (Lipinski definition) is 10. The van der Waals surface area contributed by atoms with Gasteiger partial charge in [0, 0.05) is 6.54 Å². The molecule has 5 rings (SSSR count). The van der Waals surface area contributed by atoms with Gasteiger partial charge in [0.05, 0.1) is 24.7 Å². The van der Waals surface area contributed by atoms with Gasteiger partial charge < -0.3 is 29.4 Å². The van der Waals surface area contributed by atoms with Crippen LogP contribution in [0.3, 0.4) is 0 Å². The molecule has 208 valence electrons. The lowest BCUT2D eigenvalue weighted by molar-refractivity contribution is -0.163. The molecule has 2 aliphatic heterocycles. The molecule has 4 heterocycles. The molecule has 3 aromatic rings. The number of nitrogens with zero attached hydrogens (tertiary/aromatic N) is 4. The van der Waals surface area contributed by atoms with Gasteiger partial charge in [-0.2, -0.15) is 0 Å². The molecular formula is C23H28N8O7S. The van der Waals surface area contributed by atoms with E-state index >= 15 is 0 Å². The number of aromatic nitrogens is 4. The first-order valence-electron chi connectivity index (χ1n) is 12.1. The van der Waals surface area contributed by atoms with E-state index in [1.165, 1.54) is 30.9 Å². The number of nitrogens with one attached hydrogen (secondary N) is 3. The van der Waals surface area contributed by atoms with Crippen molar-refractivity contribution in [2.75, 3.05) is 23.8 Å². The summed E-state index contributed by atoms with van der Waals surface area (Å²) in [5.74, 6) is -1.15. The molecule has 2 aliphatic rings. The number of nitrogens with two attached hydrogens (primary N) is 1. The Labute approximate surface area is 223 Å². The topological polar surface area (TPSA) is 202 Å². The van der Waals surface area contributed by atoms with Crippen LogP contribution in [0.15, 0.2) is 41.8 Å². The number of likely N-dealkylation sites (N-methyl/N-ethyl adjacent to an activating group) is 1. The molecule has 4 atom stereocenters. The van der Waals surface area contributed by atoms with Crippen molar-refractivity contribution in [2.24, 2.45) is 5.14 Å². The monoisotopic (exact) mass is 560 g/mol. The normalized spacial score (nSPS) is 24.2. The summed E-state index contributed by atoms with van der Waals surface area (Å²) in [5, 5.41) is 13.0. The number of primary sulfonamides is 1. The first kappa shape index (κ1) is 26.9. The maximum Gasteiger partial charge on any atom is 0.324 e. The largest absolute Gasteiger partial charge is 0.363 e. The number of benzene rings is 1. The van der Waals surface area contributed by atoms with Crippen LogP contribution >= 0.6 is 0 Å². The van der Waals surface area contributed by atoms with Crippen LogP contribution in [0.1, 0.15) is 26.8 Å². The summed E-state index contributed by atoms with van der Waals surface area (Å²) >= 11 is 0. The number of para-hydroxylation sites is 1. The van der Waals surface area contributed by atoms with Crippen LogP contribution < -0.4 is 21.1 Å². The highest BCUT2D eigenvalue weighted by molar-refractivity contribution is 7.89. The van der Waals surface area contributed by atoms with E-state index in [0.717, 1.165) is 0 Å². The van der Waals surface area contributed by atoms with E-state index in [0.29, 0.717) is 12.2 Å². The van der Waals surface area contributed by atoms with Crippen molar-refractivity contribution < 1.29 is 32.2 Å². The predicted octanol–water partition coefficient (Wildman–Crippen LogP) is 0.714. The Balaban J connectivity index is 1.40. The quantitative estimate of drug-likeness (QED) is 0.333. The summed E-state index contributed by atoms with van der Waals surface area (Å²) in [5.41, 5.74) is 0.650. The Hall–Kier alpha value is -3.70. The second-order valence-corrected chi connectivity index (χ2v) is 11.0. The third-order valence-electron chi connectivity index (χ3n) is 6.29. The van der Waals surface area contributed by atoms with E-state index < -0.39 is 46.2 Å². The number of rotatable bonds is 6. The summed E-state index contributed by atoms with van der Waals surface area (Å²) in [7, 11) is -4.07. The minimum Gasteiger partial charge on any atom is -0.363 e. The van der Waals surface area contributed by atoms with Crippen LogP contribution in [0.25, 0.3) is 11.2 Å². The summed E-state index contributed by atoms with van der Waals surface area (Å²) in [6, 6.07) is 4.51. The van der Waals surface area contributed by atoms with E-state index in [4.69, 9.17) is 19.3 Å². The number of carbonyl (C=O) groups is 2. The van der Waals surface area contributed by atoms with Gasteiger partial charge in [-0.1, -0.05) is 12.1 Å². The number of carbonyl (C=O) groups excluding carboxylic acids is 2. The fraction of sp³-hybridized carbons (Fsp3) is 0.435. The first-order chi connectivity index (χ1) is 18.5. The van der Waals surface area contributed by atoms with E-state index in [1.54, 1.807) is 24.5 Å². The molecule has 3 unspecified atom stereocenters. The second-order valence-electron chi connectivity index (χ2n) is 9.45. The molecule has 39 heavy (non-hydrogen) atoms. The molecule has 2 saturated heterocycles. The number of sulfonamides is 1. The minimum atomic E-state index is -4.07. The highest BCUT2D eigenvalue weighted by Gasteiger charge is 2.54. The molecule has 0 radical (unpaired) electrons. The fourth-order valence-corrected chi connectivity index (χ4v) is 5.44. The van der Waals surface area contributed by atoms with Crippen molar-refractivity contribution in [1.29, 1.82) is 0 Å². The number of urea groups is 1. The molecule has 0 saturated carbocycles. The number of ether oxygens (including phenoxy) is 3. The van der Waals surface area contributed by atoms with E-state index in [1.807, 2.05) is 6.92 Å². The van der Waals surface area contributed by atoms with E-state index in [2.05, 4.69) is 30.9 Å². The van der Waals surface area contributed by atoms with Crippen LogP contribution in [0, 0.1) is 0 Å². The highest BCUT2D eigenvalue weighted by Crippen LogP contribution is 2.40. The van der Waals surface area contributed by atoms with Gasteiger partial charge >= 0.3 is 6.03 Å². The molecule has 3 amide bonds. The minimum absolute atomic E-state index is 0.00128. The van der Waals surface area contributed by atoms with Crippen molar-refractivity contribution in [3.8, 4) is 0 Å². The molecule has 2 aromatic heterocycles. The lowest BCUT2D eigenvalue weighted by Crippen LogP contribution is -2.55. The predicted molar refractivity (Wildman–Crippen MR) is 137 cm³/mol. The van der Waals surface area contributed by atoms with Gasteiger partial charge in [-0.15, -0.1) is 0 Å². The van der Waals surface area contributed by atoms with Crippen LogP contribution in [-0.4, -0.2) is 77.1 Å². The zero-order chi connectivity index (χ0) is 27.9. The van der Waals surface area contributed by atoms with Gasteiger partial charge in [0.25, 0.3) is 5.91 Å². The molecule has 0 bridgehead atoms. The average Bonchev–Trinajstić information content (AvgIpc) is 3.43. The van der Waals surface area contributed by atoms with Gasteiger partial charge in [-0.3, -0.25) is 10.1 Å². The lowest BCUT2D eigenvalue weighted by Gasteiger charge is -2.36. The zero-order valence-electron chi connectivity index (χ0n) is 21.3. The van der Waals surface area contributed by atoms with Gasteiger partial charge in [0.1, 0.15) is 23.4 Å². The number of fused-ring (bicyclic) bond motifs is 2. The third kappa shape index (κ3) is 5.28. The maximum absolute atomic E-state index is 12.7. The van der Waals surface area contributed by atoms with Crippen molar-refractivity contribution >= 4 is 44.6 Å². The molecule has 0 spiro atoms. The Morgan fingerprint density at radius 2 is 1.87 bits per heavy atom. The van der Waals surface area contributed by atoms with Gasteiger partial charge in [-0.05, 0) is 32.9 Å². The van der Waals surface area contributed by atoms with Crippen molar-refractivity contribution in [3.63, 3.8) is 0 Å². The van der Waals surface area contributed by atoms with Crippen LogP contribution in [0.5, 0.6) is 0 Å². The van der Waals surface area contributed by atoms with Gasteiger partial charge in [0.2, 0.25) is 10.0 Å². The highest BCUT2D eigenvalue weighted by atomic mass is 32.2. The second kappa shape index (κ2) is 10.1. The van der Waals surface area contributed by atoms with Crippen LogP contribution in [0.4, 0.5) is 16.3 Å². The molecular weight excluding hydrogens is 532 g/mol. The lowest BCUT2D eigenvalue weighted by atomic mass is 9.97. The summed E-state index contributed by atoms with van der Waals surface area (Å²) in [6.45, 7) is 5.91. The zero-order valence-corrected chi connectivity index (χ0v) is 22.1. The third-order valence-corrected chi connectivity index (χ3v) is 7.26. The molecule has 2 fully saturated rings.